The molecular weight excluding hydrogens is 533 g/mol. The predicted molar refractivity (Wildman–Crippen MR) is 162 cm³/mol. The van der Waals surface area contributed by atoms with Gasteiger partial charge in [-0.05, 0) is 66.1 Å². The number of allylic oxidation sites excluding steroid dienone is 1. The van der Waals surface area contributed by atoms with Crippen LogP contribution < -0.4 is 15.0 Å². The molecule has 7 nitrogen and oxygen atoms in total. The van der Waals surface area contributed by atoms with E-state index >= 15 is 0 Å². The van der Waals surface area contributed by atoms with Gasteiger partial charge >= 0.3 is 0 Å². The average Bonchev–Trinajstić information content (AvgIpc) is 3.45. The molecule has 0 spiro atoms. The Kier molecular flexibility index (Phi) is 7.34. The first-order valence-corrected chi connectivity index (χ1v) is 13.3. The SMILES string of the molecule is C=CCc1cc(C=Nn2c(-c3cc4ccccc4o3)nc3ccccc3c2=O)cc(OC)c1OCc1ccc(F)cc1. The second kappa shape index (κ2) is 11.5. The summed E-state index contributed by atoms with van der Waals surface area (Å²) in [7, 11) is 1.55. The molecule has 0 amide bonds. The Bertz CT molecular complexity index is 1980. The molecule has 2 aromatic heterocycles. The van der Waals surface area contributed by atoms with Crippen molar-refractivity contribution < 1.29 is 18.3 Å². The summed E-state index contributed by atoms with van der Waals surface area (Å²) in [5, 5.41) is 5.90. The maximum Gasteiger partial charge on any atom is 0.282 e. The van der Waals surface area contributed by atoms with Crippen LogP contribution in [0.25, 0.3) is 33.5 Å². The second-order valence-corrected chi connectivity index (χ2v) is 9.58. The third-order valence-electron chi connectivity index (χ3n) is 6.76. The van der Waals surface area contributed by atoms with E-state index < -0.39 is 0 Å². The topological polar surface area (TPSA) is 78.9 Å². The smallest absolute Gasteiger partial charge is 0.282 e. The van der Waals surface area contributed by atoms with Gasteiger partial charge in [0.25, 0.3) is 5.56 Å². The molecule has 0 saturated heterocycles. The first-order valence-electron chi connectivity index (χ1n) is 13.3. The third kappa shape index (κ3) is 5.30. The summed E-state index contributed by atoms with van der Waals surface area (Å²) in [6.07, 6.45) is 3.83. The molecule has 0 bridgehead atoms. The molecule has 0 saturated carbocycles. The van der Waals surface area contributed by atoms with E-state index in [1.54, 1.807) is 55.8 Å². The van der Waals surface area contributed by atoms with Crippen LogP contribution in [-0.4, -0.2) is 23.0 Å². The summed E-state index contributed by atoms with van der Waals surface area (Å²) < 4.78 is 32.4. The fourth-order valence-electron chi connectivity index (χ4n) is 4.72. The van der Waals surface area contributed by atoms with E-state index in [2.05, 4.69) is 11.7 Å². The molecule has 6 rings (SSSR count). The van der Waals surface area contributed by atoms with Gasteiger partial charge in [0, 0.05) is 10.9 Å². The maximum absolute atomic E-state index is 13.6. The molecule has 0 unspecified atom stereocenters. The number of aromatic nitrogens is 2. The van der Waals surface area contributed by atoms with Gasteiger partial charge in [-0.15, -0.1) is 6.58 Å². The van der Waals surface area contributed by atoms with Gasteiger partial charge in [-0.1, -0.05) is 48.5 Å². The molecule has 0 aliphatic rings. The standard InChI is InChI=1S/C34H26FN3O4/c1-3-8-25-17-23(18-30(40-2)32(25)41-21-22-13-15-26(35)16-14-22)20-36-38-33(31-19-24-9-4-7-12-29(24)42-31)37-28-11-6-5-10-27(28)34(38)39/h3-7,9-20H,1,8,21H2,2H3. The molecule has 42 heavy (non-hydrogen) atoms. The van der Waals surface area contributed by atoms with Crippen molar-refractivity contribution in [3.63, 3.8) is 0 Å². The summed E-state index contributed by atoms with van der Waals surface area (Å²) in [6.45, 7) is 4.10. The number of furan rings is 1. The van der Waals surface area contributed by atoms with Gasteiger partial charge in [0.05, 0.1) is 24.2 Å². The zero-order valence-electron chi connectivity index (χ0n) is 22.8. The highest BCUT2D eigenvalue weighted by Crippen LogP contribution is 2.34. The van der Waals surface area contributed by atoms with E-state index in [9.17, 15) is 9.18 Å². The van der Waals surface area contributed by atoms with Crippen LogP contribution in [0.2, 0.25) is 0 Å². The van der Waals surface area contributed by atoms with Crippen LogP contribution in [0, 0.1) is 5.82 Å². The number of fused-ring (bicyclic) bond motifs is 2. The Morgan fingerprint density at radius 3 is 2.60 bits per heavy atom. The fraction of sp³-hybridized carbons (Fsp3) is 0.0882. The lowest BCUT2D eigenvalue weighted by Crippen LogP contribution is -2.20. The highest BCUT2D eigenvalue weighted by atomic mass is 19.1. The van der Waals surface area contributed by atoms with Crippen molar-refractivity contribution in [1.82, 2.24) is 9.66 Å². The molecule has 2 heterocycles. The van der Waals surface area contributed by atoms with E-state index in [0.717, 1.165) is 16.5 Å². The number of halogens is 1. The monoisotopic (exact) mass is 559 g/mol. The average molecular weight is 560 g/mol. The highest BCUT2D eigenvalue weighted by molar-refractivity contribution is 5.85. The van der Waals surface area contributed by atoms with Crippen molar-refractivity contribution >= 4 is 28.1 Å². The number of ether oxygens (including phenoxy) is 2. The second-order valence-electron chi connectivity index (χ2n) is 9.58. The number of nitrogens with zero attached hydrogens (tertiary/aromatic N) is 3. The van der Waals surface area contributed by atoms with Crippen molar-refractivity contribution in [3.8, 4) is 23.1 Å². The van der Waals surface area contributed by atoms with E-state index in [-0.39, 0.29) is 23.8 Å². The fourth-order valence-corrected chi connectivity index (χ4v) is 4.72. The van der Waals surface area contributed by atoms with Crippen LogP contribution in [-0.2, 0) is 13.0 Å². The normalized spacial score (nSPS) is 11.4. The molecule has 0 atom stereocenters. The largest absolute Gasteiger partial charge is 0.493 e. The van der Waals surface area contributed by atoms with Gasteiger partial charge in [0.1, 0.15) is 18.0 Å². The summed E-state index contributed by atoms with van der Waals surface area (Å²) in [5.74, 6) is 1.43. The van der Waals surface area contributed by atoms with Crippen molar-refractivity contribution in [2.24, 2.45) is 5.10 Å². The lowest BCUT2D eigenvalue weighted by atomic mass is 10.1. The van der Waals surface area contributed by atoms with Crippen LogP contribution in [0.15, 0.2) is 118 Å². The highest BCUT2D eigenvalue weighted by Gasteiger charge is 2.17. The molecule has 0 aliphatic heterocycles. The number of para-hydroxylation sites is 2. The van der Waals surface area contributed by atoms with Crippen molar-refractivity contribution in [1.29, 1.82) is 0 Å². The maximum atomic E-state index is 13.6. The minimum absolute atomic E-state index is 0.229. The Hall–Kier alpha value is -5.50. The van der Waals surface area contributed by atoms with E-state index in [1.807, 2.05) is 42.5 Å². The van der Waals surface area contributed by atoms with Gasteiger partial charge in [-0.25, -0.2) is 9.37 Å². The lowest BCUT2D eigenvalue weighted by molar-refractivity contribution is 0.282. The minimum atomic E-state index is -0.329. The summed E-state index contributed by atoms with van der Waals surface area (Å²) >= 11 is 0. The van der Waals surface area contributed by atoms with Crippen molar-refractivity contribution in [2.75, 3.05) is 7.11 Å². The number of hydrogen-bond donors (Lipinski definition) is 0. The third-order valence-corrected chi connectivity index (χ3v) is 6.76. The van der Waals surface area contributed by atoms with Crippen LogP contribution in [0.4, 0.5) is 4.39 Å². The molecule has 8 heteroatoms. The van der Waals surface area contributed by atoms with Crippen LogP contribution in [0.3, 0.4) is 0 Å². The van der Waals surface area contributed by atoms with Gasteiger partial charge < -0.3 is 13.9 Å². The predicted octanol–water partition coefficient (Wildman–Crippen LogP) is 7.15. The Balaban J connectivity index is 1.42. The zero-order valence-corrected chi connectivity index (χ0v) is 22.8. The number of methoxy groups -OCH3 is 1. The lowest BCUT2D eigenvalue weighted by Gasteiger charge is -2.16. The number of hydrogen-bond acceptors (Lipinski definition) is 6. The van der Waals surface area contributed by atoms with Gasteiger partial charge in [-0.3, -0.25) is 4.79 Å². The Morgan fingerprint density at radius 1 is 1.02 bits per heavy atom. The van der Waals surface area contributed by atoms with Crippen LogP contribution in [0.5, 0.6) is 11.5 Å². The van der Waals surface area contributed by atoms with E-state index in [1.165, 1.54) is 16.8 Å². The van der Waals surface area contributed by atoms with Gasteiger partial charge in [0.15, 0.2) is 17.3 Å². The van der Waals surface area contributed by atoms with Gasteiger partial charge in [-0.2, -0.15) is 9.78 Å². The quantitative estimate of drug-likeness (QED) is 0.139. The van der Waals surface area contributed by atoms with Crippen LogP contribution in [0.1, 0.15) is 16.7 Å². The summed E-state index contributed by atoms with van der Waals surface area (Å²) in [5.41, 5.74) is 3.20. The zero-order chi connectivity index (χ0) is 29.1. The van der Waals surface area contributed by atoms with Crippen molar-refractivity contribution in [3.05, 3.63) is 137 Å². The van der Waals surface area contributed by atoms with E-state index in [0.29, 0.717) is 45.7 Å². The molecule has 0 aliphatic carbocycles. The minimum Gasteiger partial charge on any atom is -0.493 e. The van der Waals surface area contributed by atoms with Gasteiger partial charge in [0.2, 0.25) is 5.82 Å². The molecule has 208 valence electrons. The Morgan fingerprint density at radius 2 is 1.81 bits per heavy atom. The van der Waals surface area contributed by atoms with Crippen LogP contribution >= 0.6 is 0 Å². The molecule has 0 fully saturated rings. The Labute approximate surface area is 240 Å². The molecular formula is C34H26FN3O4. The first kappa shape index (κ1) is 26.7. The summed E-state index contributed by atoms with van der Waals surface area (Å²) in [6, 6.07) is 26.4. The molecule has 0 N–H and O–H groups in total. The van der Waals surface area contributed by atoms with Crippen molar-refractivity contribution in [2.45, 2.75) is 13.0 Å². The first-order chi connectivity index (χ1) is 20.5. The molecule has 4 aromatic carbocycles. The van der Waals surface area contributed by atoms with E-state index in [4.69, 9.17) is 18.9 Å². The summed E-state index contributed by atoms with van der Waals surface area (Å²) in [4.78, 5) is 18.4. The number of rotatable bonds is 9. The molecule has 6 aromatic rings. The number of benzene rings is 4. The molecule has 0 radical (unpaired) electrons.